The van der Waals surface area contributed by atoms with Gasteiger partial charge in [-0.1, -0.05) is 29.8 Å². The van der Waals surface area contributed by atoms with Crippen LogP contribution in [0.5, 0.6) is 0 Å². The van der Waals surface area contributed by atoms with Crippen molar-refractivity contribution in [2.75, 3.05) is 20.1 Å². The molecule has 0 saturated heterocycles. The molecule has 0 spiro atoms. The van der Waals surface area contributed by atoms with Crippen molar-refractivity contribution in [3.8, 4) is 0 Å². The second-order valence-corrected chi connectivity index (χ2v) is 4.64. The van der Waals surface area contributed by atoms with Gasteiger partial charge >= 0.3 is 5.97 Å². The molecule has 0 bridgehead atoms. The number of amides is 1. The summed E-state index contributed by atoms with van der Waals surface area (Å²) in [7, 11) is 1.73. The first-order valence-electron chi connectivity index (χ1n) is 6.20. The lowest BCUT2D eigenvalue weighted by molar-refractivity contribution is -0.137. The van der Waals surface area contributed by atoms with Crippen LogP contribution in [0.25, 0.3) is 0 Å². The number of aliphatic carboxylic acids is 1. The minimum atomic E-state index is -0.855. The SMILES string of the molecule is Cc1ccc(CNC(=O)CN(C)CCC(=O)O)cc1. The van der Waals surface area contributed by atoms with Crippen LogP contribution < -0.4 is 5.32 Å². The second kappa shape index (κ2) is 7.53. The third kappa shape index (κ3) is 6.57. The number of carboxylic acid groups (broad SMARTS) is 1. The largest absolute Gasteiger partial charge is 0.481 e. The Hall–Kier alpha value is -1.88. The number of carbonyl (C=O) groups is 2. The highest BCUT2D eigenvalue weighted by molar-refractivity contribution is 5.78. The maximum atomic E-state index is 11.6. The number of hydrogen-bond donors (Lipinski definition) is 2. The zero-order valence-corrected chi connectivity index (χ0v) is 11.3. The smallest absolute Gasteiger partial charge is 0.304 e. The lowest BCUT2D eigenvalue weighted by Gasteiger charge is -2.15. The number of likely N-dealkylation sites (N-methyl/N-ethyl adjacent to an activating group) is 1. The monoisotopic (exact) mass is 264 g/mol. The molecule has 0 atom stereocenters. The number of nitrogens with zero attached hydrogens (tertiary/aromatic N) is 1. The first-order valence-corrected chi connectivity index (χ1v) is 6.20. The molecule has 2 N–H and O–H groups in total. The average Bonchev–Trinajstić information content (AvgIpc) is 2.36. The zero-order valence-electron chi connectivity index (χ0n) is 11.3. The highest BCUT2D eigenvalue weighted by Crippen LogP contribution is 2.02. The van der Waals surface area contributed by atoms with E-state index in [1.165, 1.54) is 5.56 Å². The van der Waals surface area contributed by atoms with Gasteiger partial charge in [0.25, 0.3) is 0 Å². The summed E-state index contributed by atoms with van der Waals surface area (Å²) in [5.74, 6) is -0.958. The summed E-state index contributed by atoms with van der Waals surface area (Å²) in [5.41, 5.74) is 2.23. The van der Waals surface area contributed by atoms with E-state index in [1.54, 1.807) is 11.9 Å². The molecule has 0 aliphatic rings. The summed E-state index contributed by atoms with van der Waals surface area (Å²) in [6.45, 7) is 3.08. The van der Waals surface area contributed by atoms with Gasteiger partial charge in [-0.3, -0.25) is 14.5 Å². The van der Waals surface area contributed by atoms with E-state index in [0.717, 1.165) is 5.56 Å². The molecule has 19 heavy (non-hydrogen) atoms. The predicted octanol–water partition coefficient (Wildman–Crippen LogP) is 1.02. The quantitative estimate of drug-likeness (QED) is 0.771. The number of rotatable bonds is 7. The molecular formula is C14H20N2O3. The van der Waals surface area contributed by atoms with E-state index in [4.69, 9.17) is 5.11 Å². The fourth-order valence-electron chi connectivity index (χ4n) is 1.57. The van der Waals surface area contributed by atoms with Gasteiger partial charge in [-0.15, -0.1) is 0 Å². The second-order valence-electron chi connectivity index (χ2n) is 4.64. The van der Waals surface area contributed by atoms with Crippen LogP contribution in [-0.4, -0.2) is 42.0 Å². The highest BCUT2D eigenvalue weighted by Gasteiger charge is 2.07. The van der Waals surface area contributed by atoms with Crippen molar-refractivity contribution in [2.24, 2.45) is 0 Å². The first kappa shape index (κ1) is 15.2. The molecule has 0 fully saturated rings. The maximum Gasteiger partial charge on any atom is 0.304 e. The summed E-state index contributed by atoms with van der Waals surface area (Å²) >= 11 is 0. The van der Waals surface area contributed by atoms with E-state index < -0.39 is 5.97 Å². The van der Waals surface area contributed by atoms with E-state index in [9.17, 15) is 9.59 Å². The number of carbonyl (C=O) groups excluding carboxylic acids is 1. The standard InChI is InChI=1S/C14H20N2O3/c1-11-3-5-12(6-4-11)9-15-13(17)10-16(2)8-7-14(18)19/h3-6H,7-10H2,1-2H3,(H,15,17)(H,18,19). The molecule has 1 aromatic rings. The van der Waals surface area contributed by atoms with Crippen LogP contribution in [0.1, 0.15) is 17.5 Å². The summed E-state index contributed by atoms with van der Waals surface area (Å²) < 4.78 is 0. The van der Waals surface area contributed by atoms with Gasteiger partial charge in [-0.2, -0.15) is 0 Å². The van der Waals surface area contributed by atoms with Crippen LogP contribution in [0.2, 0.25) is 0 Å². The van der Waals surface area contributed by atoms with E-state index in [2.05, 4.69) is 5.32 Å². The van der Waals surface area contributed by atoms with Crippen molar-refractivity contribution < 1.29 is 14.7 Å². The average molecular weight is 264 g/mol. The fourth-order valence-corrected chi connectivity index (χ4v) is 1.57. The molecule has 0 heterocycles. The van der Waals surface area contributed by atoms with Crippen LogP contribution in [0.4, 0.5) is 0 Å². The van der Waals surface area contributed by atoms with E-state index >= 15 is 0 Å². The van der Waals surface area contributed by atoms with Crippen LogP contribution in [0.3, 0.4) is 0 Å². The zero-order chi connectivity index (χ0) is 14.3. The minimum Gasteiger partial charge on any atom is -0.481 e. The van der Waals surface area contributed by atoms with Crippen molar-refractivity contribution in [3.05, 3.63) is 35.4 Å². The van der Waals surface area contributed by atoms with Gasteiger partial charge < -0.3 is 10.4 Å². The molecule has 0 radical (unpaired) electrons. The third-order valence-electron chi connectivity index (χ3n) is 2.73. The predicted molar refractivity (Wildman–Crippen MR) is 72.8 cm³/mol. The summed E-state index contributed by atoms with van der Waals surface area (Å²) in [6, 6.07) is 7.95. The third-order valence-corrected chi connectivity index (χ3v) is 2.73. The lowest BCUT2D eigenvalue weighted by Crippen LogP contribution is -2.35. The number of benzene rings is 1. The Balaban J connectivity index is 2.27. The van der Waals surface area contributed by atoms with Crippen molar-refractivity contribution >= 4 is 11.9 Å². The summed E-state index contributed by atoms with van der Waals surface area (Å²) in [4.78, 5) is 23.7. The van der Waals surface area contributed by atoms with Gasteiger partial charge in [-0.05, 0) is 19.5 Å². The topological polar surface area (TPSA) is 69.6 Å². The minimum absolute atomic E-state index is 0.0434. The molecule has 0 aliphatic heterocycles. The maximum absolute atomic E-state index is 11.6. The molecule has 1 rings (SSSR count). The van der Waals surface area contributed by atoms with Crippen molar-refractivity contribution in [1.82, 2.24) is 10.2 Å². The van der Waals surface area contributed by atoms with Crippen molar-refractivity contribution in [1.29, 1.82) is 0 Å². The Bertz CT molecular complexity index is 429. The Morgan fingerprint density at radius 3 is 2.47 bits per heavy atom. The van der Waals surface area contributed by atoms with Crippen molar-refractivity contribution in [3.63, 3.8) is 0 Å². The Morgan fingerprint density at radius 1 is 1.26 bits per heavy atom. The number of carboxylic acids is 1. The first-order chi connectivity index (χ1) is 8.97. The summed E-state index contributed by atoms with van der Waals surface area (Å²) in [5, 5.41) is 11.4. The van der Waals surface area contributed by atoms with Crippen LogP contribution in [-0.2, 0) is 16.1 Å². The molecule has 5 heteroatoms. The summed E-state index contributed by atoms with van der Waals surface area (Å²) in [6.07, 6.45) is 0.0434. The van der Waals surface area contributed by atoms with Gasteiger partial charge in [-0.25, -0.2) is 0 Å². The van der Waals surface area contributed by atoms with E-state index in [1.807, 2.05) is 31.2 Å². The lowest BCUT2D eigenvalue weighted by atomic mass is 10.1. The molecule has 5 nitrogen and oxygen atoms in total. The Kier molecular flexibility index (Phi) is 6.02. The van der Waals surface area contributed by atoms with Crippen molar-refractivity contribution in [2.45, 2.75) is 19.9 Å². The van der Waals surface area contributed by atoms with Gasteiger partial charge in [0, 0.05) is 13.1 Å². The molecule has 1 amide bonds. The molecule has 104 valence electrons. The molecule has 1 aromatic carbocycles. The molecule has 0 aliphatic carbocycles. The Morgan fingerprint density at radius 2 is 1.89 bits per heavy atom. The fraction of sp³-hybridized carbons (Fsp3) is 0.429. The number of hydrogen-bond acceptors (Lipinski definition) is 3. The van der Waals surface area contributed by atoms with E-state index in [0.29, 0.717) is 13.1 Å². The van der Waals surface area contributed by atoms with Crippen LogP contribution >= 0.6 is 0 Å². The van der Waals surface area contributed by atoms with Gasteiger partial charge in [0.15, 0.2) is 0 Å². The normalized spacial score (nSPS) is 10.5. The highest BCUT2D eigenvalue weighted by atomic mass is 16.4. The Labute approximate surface area is 113 Å². The molecular weight excluding hydrogens is 244 g/mol. The molecule has 0 aromatic heterocycles. The number of nitrogens with one attached hydrogen (secondary N) is 1. The van der Waals surface area contributed by atoms with Gasteiger partial charge in [0.2, 0.25) is 5.91 Å². The molecule has 0 unspecified atom stereocenters. The van der Waals surface area contributed by atoms with E-state index in [-0.39, 0.29) is 18.9 Å². The molecule has 0 saturated carbocycles. The van der Waals surface area contributed by atoms with Gasteiger partial charge in [0.05, 0.1) is 13.0 Å². The van der Waals surface area contributed by atoms with Crippen LogP contribution in [0, 0.1) is 6.92 Å². The van der Waals surface area contributed by atoms with Crippen LogP contribution in [0.15, 0.2) is 24.3 Å². The van der Waals surface area contributed by atoms with Gasteiger partial charge in [0.1, 0.15) is 0 Å². The number of aryl methyl sites for hydroxylation is 1.